The molecule has 0 aliphatic rings. The van der Waals surface area contributed by atoms with Crippen LogP contribution in [0.25, 0.3) is 5.52 Å². The van der Waals surface area contributed by atoms with Gasteiger partial charge in [0.05, 0.1) is 21.8 Å². The minimum atomic E-state index is -0.955. The smallest absolute Gasteiger partial charge is 0.296 e. The van der Waals surface area contributed by atoms with E-state index in [0.717, 1.165) is 11.3 Å². The number of H-pyrrole nitrogens is 1. The molecule has 4 rings (SSSR count). The fourth-order valence-corrected chi connectivity index (χ4v) is 3.82. The van der Waals surface area contributed by atoms with Gasteiger partial charge in [0.25, 0.3) is 17.2 Å². The van der Waals surface area contributed by atoms with Gasteiger partial charge in [-0.05, 0) is 35.9 Å². The number of Topliss-reactive ketones (excluding diaryl/α,β-unsaturated/α-hetero) is 1. The van der Waals surface area contributed by atoms with Gasteiger partial charge in [0, 0.05) is 29.5 Å². The number of aromatic nitrogens is 2. The zero-order valence-corrected chi connectivity index (χ0v) is 18.1. The number of hydrogen-bond donors (Lipinski definition) is 2. The van der Waals surface area contributed by atoms with Crippen LogP contribution in [0.5, 0.6) is 0 Å². The van der Waals surface area contributed by atoms with E-state index in [1.54, 1.807) is 30.3 Å². The van der Waals surface area contributed by atoms with Crippen molar-refractivity contribution in [1.82, 2.24) is 9.38 Å². The predicted octanol–water partition coefficient (Wildman–Crippen LogP) is 5.00. The SMILES string of the molecule is O=C(Nc1c(Cl)c[nH]c(=O)c1Cl)C(=O)c1cc(Cc2ccc(Cl)cc2)n2ccccc12. The molecule has 0 unspecified atom stereocenters. The van der Waals surface area contributed by atoms with Crippen molar-refractivity contribution >= 4 is 57.7 Å². The number of pyridine rings is 2. The third kappa shape index (κ3) is 4.23. The van der Waals surface area contributed by atoms with Gasteiger partial charge in [-0.2, -0.15) is 0 Å². The zero-order valence-electron chi connectivity index (χ0n) is 15.8. The van der Waals surface area contributed by atoms with E-state index < -0.39 is 17.2 Å². The summed E-state index contributed by atoms with van der Waals surface area (Å²) < 4.78 is 1.85. The molecule has 0 aliphatic carbocycles. The van der Waals surface area contributed by atoms with E-state index in [9.17, 15) is 14.4 Å². The van der Waals surface area contributed by atoms with Crippen molar-refractivity contribution in [3.63, 3.8) is 0 Å². The van der Waals surface area contributed by atoms with E-state index >= 15 is 0 Å². The lowest BCUT2D eigenvalue weighted by Crippen LogP contribution is -2.24. The highest BCUT2D eigenvalue weighted by Gasteiger charge is 2.24. The molecule has 9 heteroatoms. The van der Waals surface area contributed by atoms with Crippen LogP contribution in [0.3, 0.4) is 0 Å². The summed E-state index contributed by atoms with van der Waals surface area (Å²) in [5, 5.41) is 2.69. The molecule has 0 bridgehead atoms. The molecule has 1 amide bonds. The lowest BCUT2D eigenvalue weighted by atomic mass is 10.1. The highest BCUT2D eigenvalue weighted by atomic mass is 35.5. The summed E-state index contributed by atoms with van der Waals surface area (Å²) in [7, 11) is 0. The van der Waals surface area contributed by atoms with Gasteiger partial charge in [0.15, 0.2) is 0 Å². The van der Waals surface area contributed by atoms with Gasteiger partial charge in [-0.1, -0.05) is 53.0 Å². The first kappa shape index (κ1) is 21.2. The number of hydrogen-bond acceptors (Lipinski definition) is 3. The van der Waals surface area contributed by atoms with Crippen LogP contribution < -0.4 is 10.9 Å². The van der Waals surface area contributed by atoms with Crippen molar-refractivity contribution < 1.29 is 9.59 Å². The number of amides is 1. The van der Waals surface area contributed by atoms with Crippen molar-refractivity contribution in [3.05, 3.63) is 103 Å². The second-order valence-corrected chi connectivity index (χ2v) is 7.97. The maximum absolute atomic E-state index is 13.0. The molecule has 0 atom stereocenters. The predicted molar refractivity (Wildman–Crippen MR) is 122 cm³/mol. The minimum absolute atomic E-state index is 0.0101. The van der Waals surface area contributed by atoms with Gasteiger partial charge < -0.3 is 14.7 Å². The second kappa shape index (κ2) is 8.59. The Bertz CT molecular complexity index is 1370. The molecule has 0 aliphatic heterocycles. The summed E-state index contributed by atoms with van der Waals surface area (Å²) in [6.07, 6.45) is 3.54. The molecule has 2 N–H and O–H groups in total. The van der Waals surface area contributed by atoms with E-state index in [-0.39, 0.29) is 21.3 Å². The fourth-order valence-electron chi connectivity index (χ4n) is 3.24. The second-order valence-electron chi connectivity index (χ2n) is 6.75. The fraction of sp³-hybridized carbons (Fsp3) is 0.0455. The molecule has 31 heavy (non-hydrogen) atoms. The number of nitrogens with one attached hydrogen (secondary N) is 2. The summed E-state index contributed by atoms with van der Waals surface area (Å²) in [6, 6.07) is 14.4. The van der Waals surface area contributed by atoms with Crippen molar-refractivity contribution in [2.75, 3.05) is 5.32 Å². The van der Waals surface area contributed by atoms with Crippen molar-refractivity contribution in [3.8, 4) is 0 Å². The monoisotopic (exact) mass is 473 g/mol. The van der Waals surface area contributed by atoms with Crippen LogP contribution in [-0.4, -0.2) is 21.1 Å². The number of aromatic amines is 1. The van der Waals surface area contributed by atoms with E-state index in [1.165, 1.54) is 6.20 Å². The largest absolute Gasteiger partial charge is 0.326 e. The first-order valence-electron chi connectivity index (χ1n) is 9.11. The number of anilines is 1. The van der Waals surface area contributed by atoms with Crippen molar-refractivity contribution in [2.24, 2.45) is 0 Å². The molecule has 1 aromatic carbocycles. The third-order valence-corrected chi connectivity index (χ3v) is 5.64. The van der Waals surface area contributed by atoms with Gasteiger partial charge in [-0.15, -0.1) is 0 Å². The molecule has 3 heterocycles. The number of rotatable bonds is 5. The van der Waals surface area contributed by atoms with Gasteiger partial charge in [-0.3, -0.25) is 14.4 Å². The highest BCUT2D eigenvalue weighted by Crippen LogP contribution is 2.27. The van der Waals surface area contributed by atoms with Gasteiger partial charge in [-0.25, -0.2) is 0 Å². The Morgan fingerprint density at radius 3 is 2.52 bits per heavy atom. The molecule has 4 aromatic rings. The molecule has 156 valence electrons. The summed E-state index contributed by atoms with van der Waals surface area (Å²) in [4.78, 5) is 39.7. The average Bonchev–Trinajstić information content (AvgIpc) is 3.13. The number of benzene rings is 1. The molecule has 3 aromatic heterocycles. The summed E-state index contributed by atoms with van der Waals surface area (Å²) >= 11 is 17.9. The molecule has 0 spiro atoms. The molecule has 6 nitrogen and oxygen atoms in total. The lowest BCUT2D eigenvalue weighted by Gasteiger charge is -2.07. The van der Waals surface area contributed by atoms with Crippen LogP contribution in [0.15, 0.2) is 65.7 Å². The van der Waals surface area contributed by atoms with Gasteiger partial charge in [0.1, 0.15) is 5.02 Å². The number of fused-ring (bicyclic) bond motifs is 1. The van der Waals surface area contributed by atoms with Crippen LogP contribution >= 0.6 is 34.8 Å². The van der Waals surface area contributed by atoms with Crippen LogP contribution in [-0.2, 0) is 11.2 Å². The van der Waals surface area contributed by atoms with Gasteiger partial charge >= 0.3 is 0 Å². The summed E-state index contributed by atoms with van der Waals surface area (Å²) in [5.74, 6) is -1.73. The van der Waals surface area contributed by atoms with Crippen LogP contribution in [0.4, 0.5) is 5.69 Å². The van der Waals surface area contributed by atoms with E-state index in [0.29, 0.717) is 17.0 Å². The summed E-state index contributed by atoms with van der Waals surface area (Å²) in [6.45, 7) is 0. The van der Waals surface area contributed by atoms with Crippen LogP contribution in [0.2, 0.25) is 15.1 Å². The van der Waals surface area contributed by atoms with Crippen LogP contribution in [0.1, 0.15) is 21.6 Å². The van der Waals surface area contributed by atoms with Crippen molar-refractivity contribution in [1.29, 1.82) is 0 Å². The highest BCUT2D eigenvalue weighted by molar-refractivity contribution is 6.49. The van der Waals surface area contributed by atoms with E-state index in [2.05, 4.69) is 10.3 Å². The molecule has 0 fully saturated rings. The number of nitrogens with zero attached hydrogens (tertiary/aromatic N) is 1. The first-order valence-corrected chi connectivity index (χ1v) is 10.2. The standard InChI is InChI=1S/C22H14Cl3N3O3/c23-13-6-4-12(5-7-13)9-14-10-15(17-3-1-2-8-28(14)17)20(29)22(31)27-19-16(24)11-26-21(30)18(19)25/h1-8,10-11H,9H2,(H2,26,27,30,31). The lowest BCUT2D eigenvalue weighted by molar-refractivity contribution is -0.112. The molecular weight excluding hydrogens is 461 g/mol. The molecule has 0 saturated heterocycles. The Morgan fingerprint density at radius 2 is 1.77 bits per heavy atom. The molecule has 0 saturated carbocycles. The quantitative estimate of drug-likeness (QED) is 0.315. The first-order chi connectivity index (χ1) is 14.8. The topological polar surface area (TPSA) is 83.4 Å². The number of ketones is 1. The number of halogens is 3. The molecular formula is C22H14Cl3N3O3. The van der Waals surface area contributed by atoms with Crippen molar-refractivity contribution in [2.45, 2.75) is 6.42 Å². The number of carbonyl (C=O) groups is 2. The molecule has 0 radical (unpaired) electrons. The Hall–Kier alpha value is -3.06. The maximum Gasteiger partial charge on any atom is 0.296 e. The van der Waals surface area contributed by atoms with Gasteiger partial charge in [0.2, 0.25) is 0 Å². The van der Waals surface area contributed by atoms with Crippen LogP contribution in [0, 0.1) is 0 Å². The Balaban J connectivity index is 1.68. The third-order valence-electron chi connectivity index (χ3n) is 4.73. The zero-order chi connectivity index (χ0) is 22.1. The maximum atomic E-state index is 13.0. The van der Waals surface area contributed by atoms with E-state index in [4.69, 9.17) is 34.8 Å². The number of carbonyl (C=O) groups excluding carboxylic acids is 2. The minimum Gasteiger partial charge on any atom is -0.326 e. The Labute approximate surface area is 191 Å². The average molecular weight is 475 g/mol. The Morgan fingerprint density at radius 1 is 1.03 bits per heavy atom. The summed E-state index contributed by atoms with van der Waals surface area (Å²) in [5.41, 5.74) is 1.87. The normalized spacial score (nSPS) is 10.9. The van der Waals surface area contributed by atoms with E-state index in [1.807, 2.05) is 28.8 Å². The Kier molecular flexibility index (Phi) is 5.87.